The Morgan fingerprint density at radius 2 is 1.38 bits per heavy atom. The Kier molecular flexibility index (Phi) is 13.2. The summed E-state index contributed by atoms with van der Waals surface area (Å²) in [6, 6.07) is -0.638. The van der Waals surface area contributed by atoms with Gasteiger partial charge in [0.05, 0.1) is 13.2 Å². The number of likely N-dealkylation sites (N-methyl/N-ethyl adjacent to an activating group) is 1. The molecule has 1 atom stereocenters. The standard InChI is InChI=1S/C21H41NO4/c1-7-8-9-10-11-12-13-14-15-16-25-19(23)18(2)22(6)20(24)26-17-21(3,4)5/h18H,7-17H2,1-6H3. The number of esters is 1. The minimum atomic E-state index is -0.638. The summed E-state index contributed by atoms with van der Waals surface area (Å²) < 4.78 is 10.5. The fraction of sp³-hybridized carbons (Fsp3) is 0.905. The second kappa shape index (κ2) is 13.9. The first-order valence-electron chi connectivity index (χ1n) is 10.2. The lowest BCUT2D eigenvalue weighted by atomic mass is 9.99. The number of nitrogens with zero attached hydrogens (tertiary/aromatic N) is 1. The van der Waals surface area contributed by atoms with Crippen molar-refractivity contribution in [1.29, 1.82) is 0 Å². The average Bonchev–Trinajstić information content (AvgIpc) is 2.59. The molecule has 0 heterocycles. The van der Waals surface area contributed by atoms with Gasteiger partial charge in [-0.2, -0.15) is 0 Å². The van der Waals surface area contributed by atoms with Gasteiger partial charge in [0.1, 0.15) is 6.04 Å². The van der Waals surface area contributed by atoms with Gasteiger partial charge in [0.15, 0.2) is 0 Å². The van der Waals surface area contributed by atoms with E-state index in [4.69, 9.17) is 9.47 Å². The first-order chi connectivity index (χ1) is 12.2. The van der Waals surface area contributed by atoms with Crippen LogP contribution in [0.4, 0.5) is 4.79 Å². The van der Waals surface area contributed by atoms with E-state index in [1.54, 1.807) is 14.0 Å². The molecule has 0 spiro atoms. The number of hydrogen-bond donors (Lipinski definition) is 0. The van der Waals surface area contributed by atoms with E-state index < -0.39 is 12.1 Å². The molecule has 5 heteroatoms. The molecule has 154 valence electrons. The zero-order valence-corrected chi connectivity index (χ0v) is 17.9. The number of unbranched alkanes of at least 4 members (excludes halogenated alkanes) is 8. The molecule has 5 nitrogen and oxygen atoms in total. The van der Waals surface area contributed by atoms with E-state index in [1.807, 2.05) is 20.8 Å². The van der Waals surface area contributed by atoms with Crippen molar-refractivity contribution in [3.63, 3.8) is 0 Å². The maximum absolute atomic E-state index is 12.1. The molecule has 0 aliphatic rings. The van der Waals surface area contributed by atoms with Crippen molar-refractivity contribution < 1.29 is 19.1 Å². The van der Waals surface area contributed by atoms with Gasteiger partial charge >= 0.3 is 12.1 Å². The Bertz CT molecular complexity index is 390. The van der Waals surface area contributed by atoms with Crippen molar-refractivity contribution >= 4 is 12.1 Å². The fourth-order valence-corrected chi connectivity index (χ4v) is 2.40. The van der Waals surface area contributed by atoms with Gasteiger partial charge in [-0.3, -0.25) is 4.90 Å². The third-order valence-electron chi connectivity index (χ3n) is 4.33. The maximum Gasteiger partial charge on any atom is 0.410 e. The summed E-state index contributed by atoms with van der Waals surface area (Å²) in [6.07, 6.45) is 10.5. The molecule has 0 bridgehead atoms. The Hall–Kier alpha value is -1.26. The summed E-state index contributed by atoms with van der Waals surface area (Å²) in [4.78, 5) is 25.3. The molecule has 0 rings (SSSR count). The molecule has 26 heavy (non-hydrogen) atoms. The molecule has 0 aromatic carbocycles. The lowest BCUT2D eigenvalue weighted by Crippen LogP contribution is -2.42. The Labute approximate surface area is 160 Å². The zero-order valence-electron chi connectivity index (χ0n) is 17.9. The van der Waals surface area contributed by atoms with E-state index in [-0.39, 0.29) is 11.4 Å². The van der Waals surface area contributed by atoms with Crippen LogP contribution in [0.1, 0.15) is 92.4 Å². The Morgan fingerprint density at radius 1 is 0.885 bits per heavy atom. The summed E-state index contributed by atoms with van der Waals surface area (Å²) in [5.74, 6) is -0.375. The molecule has 0 radical (unpaired) electrons. The van der Waals surface area contributed by atoms with Gasteiger partial charge in [0.25, 0.3) is 0 Å². The molecule has 0 N–H and O–H groups in total. The van der Waals surface area contributed by atoms with Crippen LogP contribution in [0.25, 0.3) is 0 Å². The predicted octanol–water partition coefficient (Wildman–Crippen LogP) is 5.56. The van der Waals surface area contributed by atoms with Crippen molar-refractivity contribution in [3.05, 3.63) is 0 Å². The summed E-state index contributed by atoms with van der Waals surface area (Å²) in [6.45, 7) is 10.6. The largest absolute Gasteiger partial charge is 0.464 e. The van der Waals surface area contributed by atoms with Crippen LogP contribution in [-0.4, -0.2) is 43.3 Å². The molecule has 1 unspecified atom stereocenters. The van der Waals surface area contributed by atoms with Gasteiger partial charge in [-0.25, -0.2) is 9.59 Å². The molecule has 0 aromatic rings. The normalized spacial score (nSPS) is 12.5. The molecule has 0 aliphatic carbocycles. The first-order valence-corrected chi connectivity index (χ1v) is 10.2. The van der Waals surface area contributed by atoms with E-state index in [2.05, 4.69) is 6.92 Å². The van der Waals surface area contributed by atoms with E-state index in [0.717, 1.165) is 12.8 Å². The molecule has 0 aromatic heterocycles. The zero-order chi connectivity index (χ0) is 20.0. The second-order valence-electron chi connectivity index (χ2n) is 8.40. The Morgan fingerprint density at radius 3 is 1.88 bits per heavy atom. The Balaban J connectivity index is 3.79. The van der Waals surface area contributed by atoms with Crippen LogP contribution < -0.4 is 0 Å². The third-order valence-corrected chi connectivity index (χ3v) is 4.33. The smallest absolute Gasteiger partial charge is 0.410 e. The lowest BCUT2D eigenvalue weighted by Gasteiger charge is -2.25. The van der Waals surface area contributed by atoms with Crippen LogP contribution in [0, 0.1) is 5.41 Å². The van der Waals surface area contributed by atoms with Crippen LogP contribution in [0.5, 0.6) is 0 Å². The number of carbonyl (C=O) groups is 2. The van der Waals surface area contributed by atoms with Crippen molar-refractivity contribution in [2.75, 3.05) is 20.3 Å². The molecular formula is C21H41NO4. The molecule has 0 saturated heterocycles. The highest BCUT2D eigenvalue weighted by atomic mass is 16.6. The minimum Gasteiger partial charge on any atom is -0.464 e. The minimum absolute atomic E-state index is 0.101. The monoisotopic (exact) mass is 371 g/mol. The molecule has 0 fully saturated rings. The van der Waals surface area contributed by atoms with Gasteiger partial charge in [-0.05, 0) is 18.8 Å². The lowest BCUT2D eigenvalue weighted by molar-refractivity contribution is -0.148. The summed E-state index contributed by atoms with van der Waals surface area (Å²) >= 11 is 0. The van der Waals surface area contributed by atoms with E-state index in [0.29, 0.717) is 13.2 Å². The number of carbonyl (C=O) groups excluding carboxylic acids is 2. The first kappa shape index (κ1) is 24.7. The van der Waals surface area contributed by atoms with Gasteiger partial charge in [0.2, 0.25) is 0 Å². The number of rotatable bonds is 13. The second-order valence-corrected chi connectivity index (χ2v) is 8.40. The predicted molar refractivity (Wildman–Crippen MR) is 106 cm³/mol. The highest BCUT2D eigenvalue weighted by molar-refractivity contribution is 5.80. The molecule has 0 aliphatic heterocycles. The third kappa shape index (κ3) is 13.0. The summed E-state index contributed by atoms with van der Waals surface area (Å²) in [5.41, 5.74) is -0.101. The number of amides is 1. The van der Waals surface area contributed by atoms with E-state index in [1.165, 1.54) is 49.8 Å². The van der Waals surface area contributed by atoms with Crippen molar-refractivity contribution in [1.82, 2.24) is 4.90 Å². The van der Waals surface area contributed by atoms with E-state index in [9.17, 15) is 9.59 Å². The number of hydrogen-bond acceptors (Lipinski definition) is 4. The summed E-state index contributed by atoms with van der Waals surface area (Å²) in [7, 11) is 1.56. The van der Waals surface area contributed by atoms with Crippen LogP contribution in [0.3, 0.4) is 0 Å². The molecule has 0 saturated carbocycles. The SMILES string of the molecule is CCCCCCCCCCCOC(=O)C(C)N(C)C(=O)OCC(C)(C)C. The highest BCUT2D eigenvalue weighted by Gasteiger charge is 2.25. The van der Waals surface area contributed by atoms with Gasteiger partial charge in [0, 0.05) is 7.05 Å². The average molecular weight is 372 g/mol. The quantitative estimate of drug-likeness (QED) is 0.314. The summed E-state index contributed by atoms with van der Waals surface area (Å²) in [5, 5.41) is 0. The molecule has 1 amide bonds. The van der Waals surface area contributed by atoms with Crippen molar-refractivity contribution in [3.8, 4) is 0 Å². The van der Waals surface area contributed by atoms with Gasteiger partial charge < -0.3 is 9.47 Å². The van der Waals surface area contributed by atoms with E-state index >= 15 is 0 Å². The highest BCUT2D eigenvalue weighted by Crippen LogP contribution is 2.14. The molecular weight excluding hydrogens is 330 g/mol. The van der Waals surface area contributed by atoms with Gasteiger partial charge in [-0.1, -0.05) is 79.1 Å². The topological polar surface area (TPSA) is 55.8 Å². The van der Waals surface area contributed by atoms with Crippen LogP contribution in [0.15, 0.2) is 0 Å². The van der Waals surface area contributed by atoms with Gasteiger partial charge in [-0.15, -0.1) is 0 Å². The van der Waals surface area contributed by atoms with Crippen molar-refractivity contribution in [2.24, 2.45) is 5.41 Å². The van der Waals surface area contributed by atoms with Crippen LogP contribution >= 0.6 is 0 Å². The number of ether oxygens (including phenoxy) is 2. The van der Waals surface area contributed by atoms with Crippen molar-refractivity contribution in [2.45, 2.75) is 98.4 Å². The van der Waals surface area contributed by atoms with Crippen LogP contribution in [0.2, 0.25) is 0 Å². The maximum atomic E-state index is 12.1. The fourth-order valence-electron chi connectivity index (χ4n) is 2.40. The van der Waals surface area contributed by atoms with Crippen LogP contribution in [-0.2, 0) is 14.3 Å².